The Morgan fingerprint density at radius 3 is 2.00 bits per heavy atom. The number of pyridine rings is 1. The van der Waals surface area contributed by atoms with Crippen molar-refractivity contribution < 1.29 is 0 Å². The molecule has 1 aromatic rings. The number of nitrogens with zero attached hydrogens (tertiary/aromatic N) is 1. The zero-order valence-electron chi connectivity index (χ0n) is 11.6. The number of aryl methyl sites for hydroxylation is 2. The topological polar surface area (TPSA) is 12.9 Å². The van der Waals surface area contributed by atoms with Crippen LogP contribution in [-0.4, -0.2) is 4.98 Å². The molecule has 0 radical (unpaired) electrons. The predicted octanol–water partition coefficient (Wildman–Crippen LogP) is 4.17. The first-order valence-corrected chi connectivity index (χ1v) is 7.59. The Kier molecular flexibility index (Phi) is 2.19. The summed E-state index contributed by atoms with van der Waals surface area (Å²) < 4.78 is 0. The van der Waals surface area contributed by atoms with Gasteiger partial charge in [-0.05, 0) is 87.8 Å². The van der Waals surface area contributed by atoms with E-state index in [4.69, 9.17) is 4.98 Å². The number of aromatic nitrogens is 1. The molecule has 0 N–H and O–H groups in total. The van der Waals surface area contributed by atoms with Gasteiger partial charge in [0.15, 0.2) is 0 Å². The Morgan fingerprint density at radius 1 is 0.944 bits per heavy atom. The highest BCUT2D eigenvalue weighted by atomic mass is 14.8. The van der Waals surface area contributed by atoms with E-state index in [1.807, 2.05) is 0 Å². The Morgan fingerprint density at radius 2 is 1.50 bits per heavy atom. The van der Waals surface area contributed by atoms with Crippen LogP contribution in [-0.2, 0) is 5.41 Å². The van der Waals surface area contributed by atoms with Crippen molar-refractivity contribution in [2.75, 3.05) is 0 Å². The highest BCUT2D eigenvalue weighted by Crippen LogP contribution is 2.60. The molecule has 4 bridgehead atoms. The van der Waals surface area contributed by atoms with E-state index in [0.29, 0.717) is 5.41 Å². The van der Waals surface area contributed by atoms with Crippen molar-refractivity contribution in [1.29, 1.82) is 0 Å². The third-order valence-corrected chi connectivity index (χ3v) is 5.68. The van der Waals surface area contributed by atoms with Crippen LogP contribution in [0.25, 0.3) is 0 Å². The first kappa shape index (κ1) is 11.0. The van der Waals surface area contributed by atoms with Gasteiger partial charge in [-0.15, -0.1) is 0 Å². The second-order valence-electron chi connectivity index (χ2n) is 7.37. The monoisotopic (exact) mass is 241 g/mol. The summed E-state index contributed by atoms with van der Waals surface area (Å²) in [5.41, 5.74) is 4.50. The standard InChI is InChI=1S/C17H23N/c1-11-3-12(2)18-16(4-11)17-8-13-5-14(9-17)7-15(6-13)10-17/h3-4,13-15H,5-10H2,1-2H3. The van der Waals surface area contributed by atoms with Gasteiger partial charge in [0.2, 0.25) is 0 Å². The van der Waals surface area contributed by atoms with Crippen LogP contribution in [0.4, 0.5) is 0 Å². The van der Waals surface area contributed by atoms with E-state index >= 15 is 0 Å². The zero-order valence-corrected chi connectivity index (χ0v) is 11.6. The predicted molar refractivity (Wildman–Crippen MR) is 73.6 cm³/mol. The minimum absolute atomic E-state index is 0.464. The highest BCUT2D eigenvalue weighted by Gasteiger charge is 2.52. The van der Waals surface area contributed by atoms with Gasteiger partial charge in [-0.1, -0.05) is 0 Å². The average Bonchev–Trinajstić information content (AvgIpc) is 2.25. The van der Waals surface area contributed by atoms with Gasteiger partial charge >= 0.3 is 0 Å². The highest BCUT2D eigenvalue weighted by molar-refractivity contribution is 5.28. The van der Waals surface area contributed by atoms with Gasteiger partial charge < -0.3 is 0 Å². The molecule has 0 aromatic carbocycles. The van der Waals surface area contributed by atoms with Gasteiger partial charge in [-0.2, -0.15) is 0 Å². The molecule has 5 rings (SSSR count). The fraction of sp³-hybridized carbons (Fsp3) is 0.706. The fourth-order valence-corrected chi connectivity index (χ4v) is 5.54. The van der Waals surface area contributed by atoms with Crippen molar-refractivity contribution in [2.24, 2.45) is 17.8 Å². The van der Waals surface area contributed by atoms with Crippen molar-refractivity contribution in [2.45, 2.75) is 57.8 Å². The Labute approximate surface area is 110 Å². The quantitative estimate of drug-likeness (QED) is 0.719. The molecule has 4 fully saturated rings. The maximum Gasteiger partial charge on any atom is 0.0471 e. The van der Waals surface area contributed by atoms with E-state index in [0.717, 1.165) is 17.8 Å². The fourth-order valence-electron chi connectivity index (χ4n) is 5.54. The molecule has 4 saturated carbocycles. The van der Waals surface area contributed by atoms with Gasteiger partial charge in [0, 0.05) is 16.8 Å². The Balaban J connectivity index is 1.79. The summed E-state index contributed by atoms with van der Waals surface area (Å²) >= 11 is 0. The van der Waals surface area contributed by atoms with Crippen molar-refractivity contribution in [3.05, 3.63) is 29.1 Å². The summed E-state index contributed by atoms with van der Waals surface area (Å²) in [4.78, 5) is 4.92. The molecule has 0 aliphatic heterocycles. The van der Waals surface area contributed by atoms with Crippen LogP contribution in [0.2, 0.25) is 0 Å². The number of hydrogen-bond donors (Lipinski definition) is 0. The molecule has 4 aliphatic rings. The van der Waals surface area contributed by atoms with Crippen LogP contribution in [0, 0.1) is 31.6 Å². The van der Waals surface area contributed by atoms with Gasteiger partial charge in [-0.3, -0.25) is 4.98 Å². The normalized spacial score (nSPS) is 41.3. The molecular formula is C17H23N. The van der Waals surface area contributed by atoms with Crippen LogP contribution >= 0.6 is 0 Å². The minimum Gasteiger partial charge on any atom is -0.258 e. The number of rotatable bonds is 1. The largest absolute Gasteiger partial charge is 0.258 e. The van der Waals surface area contributed by atoms with Crippen molar-refractivity contribution in [3.8, 4) is 0 Å². The molecule has 1 nitrogen and oxygen atoms in total. The van der Waals surface area contributed by atoms with Crippen LogP contribution < -0.4 is 0 Å². The molecular weight excluding hydrogens is 218 g/mol. The lowest BCUT2D eigenvalue weighted by Gasteiger charge is -2.56. The summed E-state index contributed by atoms with van der Waals surface area (Å²) in [6, 6.07) is 4.59. The van der Waals surface area contributed by atoms with Gasteiger partial charge in [-0.25, -0.2) is 0 Å². The second-order valence-corrected chi connectivity index (χ2v) is 7.37. The molecule has 96 valence electrons. The third kappa shape index (κ3) is 1.56. The van der Waals surface area contributed by atoms with Crippen LogP contribution in [0.3, 0.4) is 0 Å². The lowest BCUT2D eigenvalue weighted by atomic mass is 9.48. The summed E-state index contributed by atoms with van der Waals surface area (Å²) in [5, 5.41) is 0. The molecule has 18 heavy (non-hydrogen) atoms. The maximum absolute atomic E-state index is 4.92. The first-order valence-electron chi connectivity index (χ1n) is 7.59. The molecule has 1 heteroatoms. The van der Waals surface area contributed by atoms with Crippen molar-refractivity contribution in [1.82, 2.24) is 4.98 Å². The first-order chi connectivity index (χ1) is 8.63. The number of hydrogen-bond acceptors (Lipinski definition) is 1. The van der Waals surface area contributed by atoms with E-state index in [1.54, 1.807) is 0 Å². The molecule has 0 amide bonds. The summed E-state index contributed by atoms with van der Waals surface area (Å²) in [6.07, 6.45) is 8.83. The van der Waals surface area contributed by atoms with E-state index < -0.39 is 0 Å². The van der Waals surface area contributed by atoms with Crippen molar-refractivity contribution >= 4 is 0 Å². The third-order valence-electron chi connectivity index (χ3n) is 5.68. The lowest BCUT2D eigenvalue weighted by Crippen LogP contribution is -2.49. The smallest absolute Gasteiger partial charge is 0.0471 e. The minimum atomic E-state index is 0.464. The molecule has 4 aliphatic carbocycles. The van der Waals surface area contributed by atoms with Gasteiger partial charge in [0.1, 0.15) is 0 Å². The van der Waals surface area contributed by atoms with Crippen LogP contribution in [0.5, 0.6) is 0 Å². The van der Waals surface area contributed by atoms with Gasteiger partial charge in [0.25, 0.3) is 0 Å². The van der Waals surface area contributed by atoms with Crippen LogP contribution in [0.1, 0.15) is 55.5 Å². The van der Waals surface area contributed by atoms with Crippen LogP contribution in [0.15, 0.2) is 12.1 Å². The molecule has 0 spiro atoms. The molecule has 0 saturated heterocycles. The Hall–Kier alpha value is -0.850. The summed E-state index contributed by atoms with van der Waals surface area (Å²) in [6.45, 7) is 4.37. The molecule has 1 heterocycles. The van der Waals surface area contributed by atoms with E-state index in [1.165, 1.54) is 55.5 Å². The second kappa shape index (κ2) is 3.59. The van der Waals surface area contributed by atoms with E-state index in [9.17, 15) is 0 Å². The molecule has 0 atom stereocenters. The SMILES string of the molecule is Cc1cc(C)nc(C23CC4CC(CC(C4)C2)C3)c1. The maximum atomic E-state index is 4.92. The van der Waals surface area contributed by atoms with E-state index in [-0.39, 0.29) is 0 Å². The van der Waals surface area contributed by atoms with Gasteiger partial charge in [0.05, 0.1) is 0 Å². The van der Waals surface area contributed by atoms with Crippen molar-refractivity contribution in [3.63, 3.8) is 0 Å². The van der Waals surface area contributed by atoms with E-state index in [2.05, 4.69) is 26.0 Å². The average molecular weight is 241 g/mol. The summed E-state index contributed by atoms with van der Waals surface area (Å²) in [5.74, 6) is 3.04. The Bertz CT molecular complexity index is 433. The molecule has 0 unspecified atom stereocenters. The molecule has 1 aromatic heterocycles. The lowest BCUT2D eigenvalue weighted by molar-refractivity contribution is -0.00728. The summed E-state index contributed by atoms with van der Waals surface area (Å²) in [7, 11) is 0. The zero-order chi connectivity index (χ0) is 12.3.